The molecular formula is C16H22O3. The summed E-state index contributed by atoms with van der Waals surface area (Å²) >= 11 is 0. The summed E-state index contributed by atoms with van der Waals surface area (Å²) in [5.74, 6) is 2.72. The van der Waals surface area contributed by atoms with Crippen molar-refractivity contribution in [1.82, 2.24) is 0 Å². The van der Waals surface area contributed by atoms with Gasteiger partial charge in [0.1, 0.15) is 11.5 Å². The molecule has 3 nitrogen and oxygen atoms in total. The smallest absolute Gasteiger partial charge is 0.153 e. The minimum absolute atomic E-state index is 0.214. The molecule has 1 aliphatic carbocycles. The summed E-state index contributed by atoms with van der Waals surface area (Å²) in [5, 5.41) is 0. The molecule has 2 rings (SSSR count). The minimum Gasteiger partial charge on any atom is -0.497 e. The highest BCUT2D eigenvalue weighted by atomic mass is 16.5. The Labute approximate surface area is 114 Å². The standard InChI is InChI=1S/C16H22O3/c1-11-6-12(2)8-15(7-11)19-16-5-4-14(18-3)9-13(16)10-17/h4-5,9-12,15H,6-8H2,1-3H3. The molecule has 3 heteroatoms. The van der Waals surface area contributed by atoms with Gasteiger partial charge in [-0.2, -0.15) is 0 Å². The van der Waals surface area contributed by atoms with E-state index in [0.29, 0.717) is 28.9 Å². The van der Waals surface area contributed by atoms with Crippen LogP contribution in [0.25, 0.3) is 0 Å². The highest BCUT2D eigenvalue weighted by molar-refractivity contribution is 5.80. The number of hydrogen-bond acceptors (Lipinski definition) is 3. The molecule has 1 aromatic rings. The van der Waals surface area contributed by atoms with Gasteiger partial charge in [-0.25, -0.2) is 0 Å². The molecule has 104 valence electrons. The van der Waals surface area contributed by atoms with Crippen LogP contribution in [-0.2, 0) is 0 Å². The van der Waals surface area contributed by atoms with E-state index >= 15 is 0 Å². The first-order valence-electron chi connectivity index (χ1n) is 6.92. The van der Waals surface area contributed by atoms with Gasteiger partial charge in [-0.3, -0.25) is 4.79 Å². The van der Waals surface area contributed by atoms with Crippen molar-refractivity contribution in [3.8, 4) is 11.5 Å². The van der Waals surface area contributed by atoms with Crippen molar-refractivity contribution in [2.24, 2.45) is 11.8 Å². The lowest BCUT2D eigenvalue weighted by Crippen LogP contribution is -2.28. The molecule has 0 saturated heterocycles. The molecule has 1 saturated carbocycles. The molecule has 1 fully saturated rings. The molecule has 0 aromatic heterocycles. The van der Waals surface area contributed by atoms with Crippen LogP contribution in [0.2, 0.25) is 0 Å². The van der Waals surface area contributed by atoms with Gasteiger partial charge in [0.2, 0.25) is 0 Å². The molecule has 1 aliphatic rings. The Morgan fingerprint density at radius 2 is 1.84 bits per heavy atom. The van der Waals surface area contributed by atoms with Crippen LogP contribution >= 0.6 is 0 Å². The summed E-state index contributed by atoms with van der Waals surface area (Å²) in [7, 11) is 1.59. The summed E-state index contributed by atoms with van der Waals surface area (Å²) in [5.41, 5.74) is 0.560. The minimum atomic E-state index is 0.214. The number of carbonyl (C=O) groups is 1. The summed E-state index contributed by atoms with van der Waals surface area (Å²) < 4.78 is 11.2. The van der Waals surface area contributed by atoms with Gasteiger partial charge in [0.05, 0.1) is 18.8 Å². The van der Waals surface area contributed by atoms with Gasteiger partial charge in [-0.15, -0.1) is 0 Å². The van der Waals surface area contributed by atoms with Crippen molar-refractivity contribution in [3.63, 3.8) is 0 Å². The van der Waals surface area contributed by atoms with Crippen LogP contribution < -0.4 is 9.47 Å². The van der Waals surface area contributed by atoms with E-state index in [1.807, 2.05) is 12.1 Å². The Balaban J connectivity index is 2.11. The average molecular weight is 262 g/mol. The average Bonchev–Trinajstić information content (AvgIpc) is 2.38. The molecular weight excluding hydrogens is 240 g/mol. The molecule has 0 spiro atoms. The molecule has 2 unspecified atom stereocenters. The SMILES string of the molecule is COc1ccc(OC2CC(C)CC(C)C2)c(C=O)c1. The zero-order valence-corrected chi connectivity index (χ0v) is 11.9. The quantitative estimate of drug-likeness (QED) is 0.776. The number of hydrogen-bond donors (Lipinski definition) is 0. The summed E-state index contributed by atoms with van der Waals surface area (Å²) in [4.78, 5) is 11.1. The summed E-state index contributed by atoms with van der Waals surface area (Å²) in [6.07, 6.45) is 4.44. The number of benzene rings is 1. The first kappa shape index (κ1) is 13.9. The van der Waals surface area contributed by atoms with Crippen LogP contribution in [0.15, 0.2) is 18.2 Å². The molecule has 0 aliphatic heterocycles. The number of aldehydes is 1. The van der Waals surface area contributed by atoms with Gasteiger partial charge in [-0.1, -0.05) is 13.8 Å². The van der Waals surface area contributed by atoms with E-state index in [1.54, 1.807) is 13.2 Å². The van der Waals surface area contributed by atoms with E-state index in [4.69, 9.17) is 9.47 Å². The third-order valence-electron chi connectivity index (χ3n) is 3.77. The van der Waals surface area contributed by atoms with Crippen molar-refractivity contribution < 1.29 is 14.3 Å². The van der Waals surface area contributed by atoms with Crippen LogP contribution in [-0.4, -0.2) is 19.5 Å². The Kier molecular flexibility index (Phi) is 4.46. The van der Waals surface area contributed by atoms with Crippen LogP contribution in [0, 0.1) is 11.8 Å². The zero-order valence-electron chi connectivity index (χ0n) is 11.9. The van der Waals surface area contributed by atoms with Gasteiger partial charge < -0.3 is 9.47 Å². The normalized spacial score (nSPS) is 26.8. The molecule has 0 heterocycles. The maximum absolute atomic E-state index is 11.1. The van der Waals surface area contributed by atoms with Gasteiger partial charge in [-0.05, 0) is 49.3 Å². The number of carbonyl (C=O) groups excluding carboxylic acids is 1. The summed E-state index contributed by atoms with van der Waals surface area (Å²) in [6.45, 7) is 4.53. The predicted octanol–water partition coefficient (Wildman–Crippen LogP) is 3.71. The molecule has 0 N–H and O–H groups in total. The van der Waals surface area contributed by atoms with Gasteiger partial charge in [0.25, 0.3) is 0 Å². The van der Waals surface area contributed by atoms with Crippen molar-refractivity contribution in [3.05, 3.63) is 23.8 Å². The molecule has 1 aromatic carbocycles. The lowest BCUT2D eigenvalue weighted by Gasteiger charge is -2.32. The van der Waals surface area contributed by atoms with E-state index in [9.17, 15) is 4.79 Å². The lowest BCUT2D eigenvalue weighted by atomic mass is 9.82. The molecule has 0 radical (unpaired) electrons. The monoisotopic (exact) mass is 262 g/mol. The van der Waals surface area contributed by atoms with Crippen LogP contribution in [0.5, 0.6) is 11.5 Å². The molecule has 2 atom stereocenters. The maximum Gasteiger partial charge on any atom is 0.153 e. The van der Waals surface area contributed by atoms with E-state index in [1.165, 1.54) is 6.42 Å². The van der Waals surface area contributed by atoms with E-state index < -0.39 is 0 Å². The van der Waals surface area contributed by atoms with Crippen LogP contribution in [0.1, 0.15) is 43.5 Å². The Bertz CT molecular complexity index is 432. The zero-order chi connectivity index (χ0) is 13.8. The van der Waals surface area contributed by atoms with E-state index in [2.05, 4.69) is 13.8 Å². The molecule has 19 heavy (non-hydrogen) atoms. The Morgan fingerprint density at radius 1 is 1.16 bits per heavy atom. The predicted molar refractivity (Wildman–Crippen MR) is 75.0 cm³/mol. The van der Waals surface area contributed by atoms with Crippen molar-refractivity contribution in [2.75, 3.05) is 7.11 Å². The fourth-order valence-electron chi connectivity index (χ4n) is 3.00. The fraction of sp³-hybridized carbons (Fsp3) is 0.562. The Morgan fingerprint density at radius 3 is 2.42 bits per heavy atom. The van der Waals surface area contributed by atoms with Crippen molar-refractivity contribution in [1.29, 1.82) is 0 Å². The van der Waals surface area contributed by atoms with Crippen molar-refractivity contribution >= 4 is 6.29 Å². The summed E-state index contributed by atoms with van der Waals surface area (Å²) in [6, 6.07) is 5.38. The topological polar surface area (TPSA) is 35.5 Å². The second kappa shape index (κ2) is 6.09. The van der Waals surface area contributed by atoms with Gasteiger partial charge in [0.15, 0.2) is 6.29 Å². The second-order valence-corrected chi connectivity index (χ2v) is 5.68. The first-order chi connectivity index (χ1) is 9.12. The largest absolute Gasteiger partial charge is 0.497 e. The molecule has 0 amide bonds. The number of rotatable bonds is 4. The highest BCUT2D eigenvalue weighted by Gasteiger charge is 2.25. The number of ether oxygens (including phenoxy) is 2. The van der Waals surface area contributed by atoms with Gasteiger partial charge >= 0.3 is 0 Å². The highest BCUT2D eigenvalue weighted by Crippen LogP contribution is 2.32. The second-order valence-electron chi connectivity index (χ2n) is 5.68. The third-order valence-corrected chi connectivity index (χ3v) is 3.77. The van der Waals surface area contributed by atoms with Gasteiger partial charge in [0, 0.05) is 0 Å². The molecule has 0 bridgehead atoms. The maximum atomic E-state index is 11.1. The first-order valence-corrected chi connectivity index (χ1v) is 6.92. The third kappa shape index (κ3) is 3.49. The van der Waals surface area contributed by atoms with Crippen LogP contribution in [0.4, 0.5) is 0 Å². The lowest BCUT2D eigenvalue weighted by molar-refractivity contribution is 0.0979. The number of methoxy groups -OCH3 is 1. The van der Waals surface area contributed by atoms with Crippen molar-refractivity contribution in [2.45, 2.75) is 39.2 Å². The Hall–Kier alpha value is -1.51. The van der Waals surface area contributed by atoms with Crippen LogP contribution in [0.3, 0.4) is 0 Å². The van der Waals surface area contributed by atoms with E-state index in [-0.39, 0.29) is 6.10 Å². The van der Waals surface area contributed by atoms with E-state index in [0.717, 1.165) is 19.1 Å². The fourth-order valence-corrected chi connectivity index (χ4v) is 3.00.